The van der Waals surface area contributed by atoms with Gasteiger partial charge in [-0.1, -0.05) is 18.0 Å². The third kappa shape index (κ3) is 2.93. The van der Waals surface area contributed by atoms with Crippen molar-refractivity contribution in [2.75, 3.05) is 19.8 Å². The molecule has 8 heteroatoms. The lowest BCUT2D eigenvalue weighted by atomic mass is 9.62. The quantitative estimate of drug-likeness (QED) is 0.414. The summed E-state index contributed by atoms with van der Waals surface area (Å²) in [4.78, 5) is 35.4. The molecule has 1 saturated heterocycles. The number of allylic oxidation sites excluding steroid dienone is 1. The molecule has 2 saturated carbocycles. The first kappa shape index (κ1) is 20.1. The van der Waals surface area contributed by atoms with Gasteiger partial charge in [-0.15, -0.1) is 0 Å². The van der Waals surface area contributed by atoms with E-state index in [1.54, 1.807) is 0 Å². The summed E-state index contributed by atoms with van der Waals surface area (Å²) < 4.78 is 11.4. The van der Waals surface area contributed by atoms with Gasteiger partial charge in [0.05, 0.1) is 42.0 Å². The van der Waals surface area contributed by atoms with E-state index in [1.165, 1.54) is 0 Å². The summed E-state index contributed by atoms with van der Waals surface area (Å²) in [5.74, 6) is 0.207. The molecule has 160 valence electrons. The van der Waals surface area contributed by atoms with Crippen LogP contribution in [-0.4, -0.2) is 41.4 Å². The van der Waals surface area contributed by atoms with Gasteiger partial charge in [-0.25, -0.2) is 9.97 Å². The molecule has 2 atom stereocenters. The van der Waals surface area contributed by atoms with Gasteiger partial charge in [-0.3, -0.25) is 9.59 Å². The number of ether oxygens (including phenoxy) is 2. The second-order valence-electron chi connectivity index (χ2n) is 9.03. The van der Waals surface area contributed by atoms with E-state index in [4.69, 9.17) is 31.8 Å². The summed E-state index contributed by atoms with van der Waals surface area (Å²) in [6, 6.07) is 0. The highest BCUT2D eigenvalue weighted by Gasteiger charge is 2.50. The maximum absolute atomic E-state index is 13.5. The molecule has 30 heavy (non-hydrogen) atoms. The van der Waals surface area contributed by atoms with Crippen molar-refractivity contribution in [3.05, 3.63) is 27.8 Å². The zero-order valence-electron chi connectivity index (χ0n) is 17.0. The Morgan fingerprint density at radius 1 is 1.00 bits per heavy atom. The number of hydrogen-bond acceptors (Lipinski definition) is 7. The standard InChI is InChI=1S/C22H26ClN3O4/c23-19-14-10-30-12-21(8-9-29-11-21)17(14)25-20(26-19)16(24)13-4-3-7-22(18(13)28)6-2-1-5-15(22)27/h1-12,24H2/b16-13-/t21-,22-/m1/s1. The number of carbonyl (C=O) groups is 2. The van der Waals surface area contributed by atoms with Crippen molar-refractivity contribution < 1.29 is 19.1 Å². The van der Waals surface area contributed by atoms with Gasteiger partial charge in [0, 0.05) is 24.2 Å². The smallest absolute Gasteiger partial charge is 0.177 e. The number of Topliss-reactive ketones (excluding diaryl/α,β-unsaturated/α-hetero) is 2. The second kappa shape index (κ2) is 7.39. The largest absolute Gasteiger partial charge is 0.395 e. The van der Waals surface area contributed by atoms with Crippen LogP contribution in [0.2, 0.25) is 5.15 Å². The van der Waals surface area contributed by atoms with Crippen LogP contribution in [0.5, 0.6) is 0 Å². The highest BCUT2D eigenvalue weighted by atomic mass is 35.5. The van der Waals surface area contributed by atoms with Crippen molar-refractivity contribution in [2.24, 2.45) is 11.1 Å². The Morgan fingerprint density at radius 2 is 1.80 bits per heavy atom. The van der Waals surface area contributed by atoms with Crippen LogP contribution in [-0.2, 0) is 31.1 Å². The van der Waals surface area contributed by atoms with E-state index in [1.807, 2.05) is 0 Å². The lowest BCUT2D eigenvalue weighted by molar-refractivity contribution is -0.143. The lowest BCUT2D eigenvalue weighted by Crippen LogP contribution is -2.45. The number of aromatic nitrogens is 2. The molecule has 2 spiro atoms. The van der Waals surface area contributed by atoms with Gasteiger partial charge in [0.2, 0.25) is 0 Å². The molecule has 2 aliphatic heterocycles. The molecule has 2 N–H and O–H groups in total. The first-order chi connectivity index (χ1) is 14.5. The fraction of sp³-hybridized carbons (Fsp3) is 0.636. The predicted octanol–water partition coefficient (Wildman–Crippen LogP) is 2.87. The molecule has 3 heterocycles. The van der Waals surface area contributed by atoms with Crippen LogP contribution < -0.4 is 5.73 Å². The molecule has 0 amide bonds. The third-order valence-electron chi connectivity index (χ3n) is 7.28. The number of fused-ring (bicyclic) bond motifs is 2. The van der Waals surface area contributed by atoms with Crippen LogP contribution >= 0.6 is 11.6 Å². The monoisotopic (exact) mass is 431 g/mol. The normalized spacial score (nSPS) is 33.2. The minimum Gasteiger partial charge on any atom is -0.395 e. The van der Waals surface area contributed by atoms with Gasteiger partial charge in [0.1, 0.15) is 10.9 Å². The zero-order chi connectivity index (χ0) is 20.9. The maximum atomic E-state index is 13.5. The second-order valence-corrected chi connectivity index (χ2v) is 9.39. The van der Waals surface area contributed by atoms with E-state index in [2.05, 4.69) is 4.98 Å². The maximum Gasteiger partial charge on any atom is 0.177 e. The van der Waals surface area contributed by atoms with Gasteiger partial charge in [0.15, 0.2) is 11.6 Å². The average Bonchev–Trinajstić information content (AvgIpc) is 3.21. The zero-order valence-corrected chi connectivity index (χ0v) is 17.7. The molecule has 0 aromatic carbocycles. The van der Waals surface area contributed by atoms with Crippen LogP contribution in [0, 0.1) is 5.41 Å². The first-order valence-electron chi connectivity index (χ1n) is 10.8. The van der Waals surface area contributed by atoms with E-state index < -0.39 is 5.41 Å². The van der Waals surface area contributed by atoms with E-state index in [0.29, 0.717) is 62.8 Å². The number of ketones is 2. The molecule has 3 fully saturated rings. The van der Waals surface area contributed by atoms with Crippen LogP contribution in [0.3, 0.4) is 0 Å². The molecule has 5 rings (SSSR count). The van der Waals surface area contributed by atoms with Gasteiger partial charge in [0.25, 0.3) is 0 Å². The molecule has 1 aromatic heterocycles. The SMILES string of the molecule is N/C(=C1/CCC[C@@]2(CCCCC2=O)C1=O)c1nc(Cl)c2c(n1)[C@@]1(CCOC1)COC2. The molecule has 4 aliphatic rings. The number of rotatable bonds is 1. The Morgan fingerprint density at radius 3 is 2.57 bits per heavy atom. The number of halogens is 1. The van der Waals surface area contributed by atoms with Crippen LogP contribution in [0.1, 0.15) is 68.4 Å². The summed E-state index contributed by atoms with van der Waals surface area (Å²) in [6.45, 7) is 2.02. The van der Waals surface area contributed by atoms with E-state index >= 15 is 0 Å². The van der Waals surface area contributed by atoms with Crippen molar-refractivity contribution in [3.63, 3.8) is 0 Å². The van der Waals surface area contributed by atoms with Gasteiger partial charge < -0.3 is 15.2 Å². The lowest BCUT2D eigenvalue weighted by Gasteiger charge is -2.38. The Labute approximate surface area is 180 Å². The summed E-state index contributed by atoms with van der Waals surface area (Å²) in [5.41, 5.74) is 7.55. The van der Waals surface area contributed by atoms with Crippen molar-refractivity contribution in [1.29, 1.82) is 0 Å². The molecule has 7 nitrogen and oxygen atoms in total. The van der Waals surface area contributed by atoms with Crippen molar-refractivity contribution in [3.8, 4) is 0 Å². The number of nitrogens with two attached hydrogens (primary N) is 1. The molecular formula is C22H26ClN3O4. The molecule has 2 aliphatic carbocycles. The highest BCUT2D eigenvalue weighted by molar-refractivity contribution is 6.30. The topological polar surface area (TPSA) is 104 Å². The summed E-state index contributed by atoms with van der Waals surface area (Å²) in [7, 11) is 0. The van der Waals surface area contributed by atoms with Gasteiger partial charge in [-0.2, -0.15) is 0 Å². The van der Waals surface area contributed by atoms with Gasteiger partial charge in [-0.05, 0) is 38.5 Å². The van der Waals surface area contributed by atoms with E-state index in [0.717, 1.165) is 36.9 Å². The molecular weight excluding hydrogens is 406 g/mol. The summed E-state index contributed by atoms with van der Waals surface area (Å²) >= 11 is 6.50. The minimum absolute atomic E-state index is 0.0624. The fourth-order valence-corrected chi connectivity index (χ4v) is 5.76. The van der Waals surface area contributed by atoms with Crippen LogP contribution in [0.15, 0.2) is 5.57 Å². The van der Waals surface area contributed by atoms with Crippen molar-refractivity contribution >= 4 is 28.9 Å². The molecule has 0 bridgehead atoms. The fourth-order valence-electron chi connectivity index (χ4n) is 5.54. The van der Waals surface area contributed by atoms with Crippen LogP contribution in [0.25, 0.3) is 5.70 Å². The van der Waals surface area contributed by atoms with Gasteiger partial charge >= 0.3 is 0 Å². The average molecular weight is 432 g/mol. The summed E-state index contributed by atoms with van der Waals surface area (Å²) in [5, 5.41) is 0.302. The highest BCUT2D eigenvalue weighted by Crippen LogP contribution is 2.46. The minimum atomic E-state index is -0.900. The Balaban J connectivity index is 1.59. The van der Waals surface area contributed by atoms with E-state index in [9.17, 15) is 9.59 Å². The van der Waals surface area contributed by atoms with E-state index in [-0.39, 0.29) is 28.5 Å². The molecule has 1 aromatic rings. The Hall–Kier alpha value is -1.83. The van der Waals surface area contributed by atoms with Crippen molar-refractivity contribution in [2.45, 2.75) is 63.4 Å². The predicted molar refractivity (Wildman–Crippen MR) is 110 cm³/mol. The molecule has 0 radical (unpaired) electrons. The summed E-state index contributed by atoms with van der Waals surface area (Å²) in [6.07, 6.45) is 5.55. The number of carbonyl (C=O) groups excluding carboxylic acids is 2. The number of hydrogen-bond donors (Lipinski definition) is 1. The number of nitrogens with zero attached hydrogens (tertiary/aromatic N) is 2. The third-order valence-corrected chi connectivity index (χ3v) is 7.60. The Kier molecular flexibility index (Phi) is 4.95. The van der Waals surface area contributed by atoms with Crippen molar-refractivity contribution in [1.82, 2.24) is 9.97 Å². The first-order valence-corrected chi connectivity index (χ1v) is 11.1. The van der Waals surface area contributed by atoms with Crippen LogP contribution in [0.4, 0.5) is 0 Å². The molecule has 0 unspecified atom stereocenters. The Bertz CT molecular complexity index is 950.